The van der Waals surface area contributed by atoms with E-state index in [0.29, 0.717) is 24.2 Å². The van der Waals surface area contributed by atoms with Crippen molar-refractivity contribution in [2.75, 3.05) is 0 Å². The van der Waals surface area contributed by atoms with E-state index in [4.69, 9.17) is 21.1 Å². The van der Waals surface area contributed by atoms with Crippen LogP contribution in [0.15, 0.2) is 0 Å². The van der Waals surface area contributed by atoms with Gasteiger partial charge in [0.1, 0.15) is 5.06 Å². The van der Waals surface area contributed by atoms with Crippen molar-refractivity contribution in [3.63, 3.8) is 0 Å². The van der Waals surface area contributed by atoms with Gasteiger partial charge >= 0.3 is 0 Å². The van der Waals surface area contributed by atoms with Crippen LogP contribution in [-0.4, -0.2) is 23.4 Å². The van der Waals surface area contributed by atoms with Gasteiger partial charge < -0.3 is 9.47 Å². The third-order valence-electron chi connectivity index (χ3n) is 5.38. The van der Waals surface area contributed by atoms with Gasteiger partial charge in [-0.25, -0.2) is 0 Å². The number of ether oxygens (including phenoxy) is 2. The van der Waals surface area contributed by atoms with Crippen molar-refractivity contribution in [1.29, 1.82) is 0 Å². The van der Waals surface area contributed by atoms with Gasteiger partial charge in [-0.15, -0.1) is 0 Å². The molecule has 6 rings (SSSR count). The Balaban J connectivity index is 1.75. The van der Waals surface area contributed by atoms with Crippen LogP contribution in [0.1, 0.15) is 19.3 Å². The first-order chi connectivity index (χ1) is 6.75. The minimum absolute atomic E-state index is 0.300. The largest absolute Gasteiger partial charge is 0.374 e. The molecule has 0 radical (unpaired) electrons. The third kappa shape index (κ3) is 0.585. The van der Waals surface area contributed by atoms with Crippen molar-refractivity contribution in [2.45, 2.75) is 42.6 Å². The summed E-state index contributed by atoms with van der Waals surface area (Å²) in [6, 6.07) is 0. The Morgan fingerprint density at radius 1 is 1.07 bits per heavy atom. The van der Waals surface area contributed by atoms with Crippen molar-refractivity contribution in [3.8, 4) is 0 Å². The van der Waals surface area contributed by atoms with Gasteiger partial charge in [0.15, 0.2) is 0 Å². The minimum Gasteiger partial charge on any atom is -0.374 e. The zero-order valence-corrected chi connectivity index (χ0v) is 8.61. The molecule has 2 nitrogen and oxygen atoms in total. The summed E-state index contributed by atoms with van der Waals surface area (Å²) >= 11 is 6.50. The van der Waals surface area contributed by atoms with E-state index in [1.165, 1.54) is 6.42 Å². The molecule has 0 aromatic heterocycles. The van der Waals surface area contributed by atoms with Gasteiger partial charge in [-0.3, -0.25) is 0 Å². The lowest BCUT2D eigenvalue weighted by Crippen LogP contribution is -2.62. The summed E-state index contributed by atoms with van der Waals surface area (Å²) in [5.41, 5.74) is 0. The van der Waals surface area contributed by atoms with Crippen LogP contribution in [0.25, 0.3) is 0 Å². The van der Waals surface area contributed by atoms with E-state index in [9.17, 15) is 0 Å². The van der Waals surface area contributed by atoms with Crippen molar-refractivity contribution in [3.05, 3.63) is 0 Å². The normalized spacial score (nSPS) is 76.5. The Labute approximate surface area is 87.9 Å². The average molecular weight is 213 g/mol. The smallest absolute Gasteiger partial charge is 0.142 e. The Morgan fingerprint density at radius 3 is 2.86 bits per heavy atom. The van der Waals surface area contributed by atoms with E-state index >= 15 is 0 Å². The van der Waals surface area contributed by atoms with Gasteiger partial charge in [0.05, 0.1) is 18.3 Å². The monoisotopic (exact) mass is 212 g/mol. The van der Waals surface area contributed by atoms with Gasteiger partial charge in [0.25, 0.3) is 0 Å². The lowest BCUT2D eigenvalue weighted by atomic mass is 9.60. The fourth-order valence-corrected chi connectivity index (χ4v) is 5.60. The van der Waals surface area contributed by atoms with Crippen LogP contribution in [0.4, 0.5) is 0 Å². The highest BCUT2D eigenvalue weighted by Crippen LogP contribution is 2.69. The van der Waals surface area contributed by atoms with Crippen LogP contribution >= 0.6 is 11.6 Å². The molecule has 0 amide bonds. The SMILES string of the molecule is ClC12CC3C4CC5OC3C(C1)C5C4O2. The summed E-state index contributed by atoms with van der Waals surface area (Å²) in [5.74, 6) is 2.94. The second-order valence-electron chi connectivity index (χ2n) is 5.82. The maximum Gasteiger partial charge on any atom is 0.142 e. The number of hydrogen-bond acceptors (Lipinski definition) is 2. The molecule has 0 aromatic carbocycles. The van der Waals surface area contributed by atoms with Gasteiger partial charge in [-0.1, -0.05) is 11.6 Å². The first-order valence-corrected chi connectivity index (χ1v) is 6.15. The molecule has 0 aromatic rings. The summed E-state index contributed by atoms with van der Waals surface area (Å²) in [5, 5.41) is -0.300. The lowest BCUT2D eigenvalue weighted by Gasteiger charge is -2.58. The molecule has 3 heteroatoms. The molecule has 8 unspecified atom stereocenters. The molecule has 6 fully saturated rings. The van der Waals surface area contributed by atoms with Crippen molar-refractivity contribution in [1.82, 2.24) is 0 Å². The average Bonchev–Trinajstić information content (AvgIpc) is 2.61. The summed E-state index contributed by atoms with van der Waals surface area (Å²) < 4.78 is 12.2. The number of hydrogen-bond donors (Lipinski definition) is 0. The topological polar surface area (TPSA) is 18.5 Å². The highest BCUT2D eigenvalue weighted by Gasteiger charge is 2.73. The molecule has 76 valence electrons. The first-order valence-electron chi connectivity index (χ1n) is 5.77. The van der Waals surface area contributed by atoms with Crippen LogP contribution in [0, 0.1) is 23.7 Å². The van der Waals surface area contributed by atoms with E-state index in [1.54, 1.807) is 0 Å². The molecule has 0 spiro atoms. The van der Waals surface area contributed by atoms with Crippen LogP contribution < -0.4 is 0 Å². The fraction of sp³-hybridized carbons (Fsp3) is 1.00. The summed E-state index contributed by atoms with van der Waals surface area (Å²) in [7, 11) is 0. The van der Waals surface area contributed by atoms with Crippen LogP contribution in [0.3, 0.4) is 0 Å². The number of alkyl halides is 1. The second kappa shape index (κ2) is 1.90. The lowest BCUT2D eigenvalue weighted by molar-refractivity contribution is -0.237. The molecule has 6 aliphatic rings. The molecule has 3 aliphatic heterocycles. The highest BCUT2D eigenvalue weighted by atomic mass is 35.5. The summed E-state index contributed by atoms with van der Waals surface area (Å²) in [4.78, 5) is 0. The Morgan fingerprint density at radius 2 is 1.93 bits per heavy atom. The zero-order chi connectivity index (χ0) is 9.08. The molecule has 3 heterocycles. The van der Waals surface area contributed by atoms with Gasteiger partial charge in [0, 0.05) is 5.92 Å². The second-order valence-corrected chi connectivity index (χ2v) is 6.51. The third-order valence-corrected chi connectivity index (χ3v) is 5.78. The van der Waals surface area contributed by atoms with Gasteiger partial charge in [-0.2, -0.15) is 0 Å². The number of rotatable bonds is 0. The molecular weight excluding hydrogens is 200 g/mol. The molecule has 3 aliphatic carbocycles. The fourth-order valence-electron chi connectivity index (χ4n) is 5.14. The molecule has 8 atom stereocenters. The van der Waals surface area contributed by atoms with Crippen LogP contribution in [0.2, 0.25) is 0 Å². The standard InChI is InChI=1S/C11H13ClO2/c12-11-2-5-4-1-7-8(10(4)14-11)6(3-11)9(5)13-7/h4-10H,1-3H2. The molecule has 7 bridgehead atoms. The predicted molar refractivity (Wildman–Crippen MR) is 49.9 cm³/mol. The van der Waals surface area contributed by atoms with E-state index in [2.05, 4.69) is 0 Å². The van der Waals surface area contributed by atoms with E-state index < -0.39 is 0 Å². The highest BCUT2D eigenvalue weighted by molar-refractivity contribution is 6.23. The van der Waals surface area contributed by atoms with Crippen LogP contribution in [-0.2, 0) is 9.47 Å². The van der Waals surface area contributed by atoms with Crippen LogP contribution in [0.5, 0.6) is 0 Å². The van der Waals surface area contributed by atoms with Crippen molar-refractivity contribution in [2.24, 2.45) is 23.7 Å². The summed E-state index contributed by atoms with van der Waals surface area (Å²) in [6.07, 6.45) is 4.86. The molecule has 14 heavy (non-hydrogen) atoms. The summed E-state index contributed by atoms with van der Waals surface area (Å²) in [6.45, 7) is 0. The van der Waals surface area contributed by atoms with E-state index in [1.807, 2.05) is 0 Å². The molecule has 3 saturated carbocycles. The Kier molecular flexibility index (Phi) is 1.01. The predicted octanol–water partition coefficient (Wildman–Crippen LogP) is 1.76. The van der Waals surface area contributed by atoms with Gasteiger partial charge in [0.2, 0.25) is 0 Å². The van der Waals surface area contributed by atoms with Crippen molar-refractivity contribution >= 4 is 11.6 Å². The van der Waals surface area contributed by atoms with E-state index in [-0.39, 0.29) is 5.06 Å². The van der Waals surface area contributed by atoms with E-state index in [0.717, 1.165) is 30.6 Å². The zero-order valence-electron chi connectivity index (χ0n) is 7.86. The maximum atomic E-state index is 6.50. The number of halogens is 1. The molecule has 3 saturated heterocycles. The Hall–Kier alpha value is 0.210. The first kappa shape index (κ1) is 7.48. The molecular formula is C11H13ClO2. The van der Waals surface area contributed by atoms with Gasteiger partial charge in [-0.05, 0) is 37.0 Å². The minimum atomic E-state index is -0.300. The molecule has 0 N–H and O–H groups in total. The Bertz CT molecular complexity index is 291. The quantitative estimate of drug-likeness (QED) is 0.570. The van der Waals surface area contributed by atoms with Crippen molar-refractivity contribution < 1.29 is 9.47 Å². The maximum absolute atomic E-state index is 6.50.